The smallest absolute Gasteiger partial charge is 0.437 e. The molecule has 27 heavy (non-hydrogen) atoms. The van der Waals surface area contributed by atoms with Crippen LogP contribution in [-0.2, 0) is 17.9 Å². The number of carbonyl (C=O) groups excluding carboxylic acids is 1. The molecule has 0 atom stereocenters. The highest BCUT2D eigenvalue weighted by molar-refractivity contribution is 7.13. The summed E-state index contributed by atoms with van der Waals surface area (Å²) in [4.78, 5) is 27.3. The Morgan fingerprint density at radius 1 is 1.11 bits per heavy atom. The van der Waals surface area contributed by atoms with Crippen LogP contribution in [0.15, 0.2) is 79.9 Å². The Morgan fingerprint density at radius 3 is 2.67 bits per heavy atom. The van der Waals surface area contributed by atoms with E-state index in [0.717, 1.165) is 9.56 Å². The molecule has 0 saturated heterocycles. The Kier molecular flexibility index (Phi) is 4.71. The summed E-state index contributed by atoms with van der Waals surface area (Å²) in [6, 6.07) is 16.4. The molecule has 0 aliphatic heterocycles. The van der Waals surface area contributed by atoms with Crippen LogP contribution in [0.25, 0.3) is 10.8 Å². The Hall–Kier alpha value is -3.39. The number of aromatic nitrogens is 2. The van der Waals surface area contributed by atoms with E-state index in [2.05, 4.69) is 5.10 Å². The van der Waals surface area contributed by atoms with Crippen molar-refractivity contribution in [1.29, 1.82) is 0 Å². The number of hydrogen-bond donors (Lipinski definition) is 0. The van der Waals surface area contributed by atoms with E-state index in [1.807, 2.05) is 41.8 Å². The molecule has 0 spiro atoms. The fourth-order valence-corrected chi connectivity index (χ4v) is 3.25. The highest BCUT2D eigenvalue weighted by atomic mass is 32.1. The van der Waals surface area contributed by atoms with Crippen LogP contribution in [0, 0.1) is 0 Å². The SMILES string of the molecule is O=C(Cn1nc(-c2cccs2)oc1=O)N(Cc1ccco1)c1ccccc1. The Labute approximate surface area is 158 Å². The standard InChI is InChI=1S/C19H15N3O4S/c23-17(13-22-19(24)26-18(20-22)16-9-5-11-27-16)21(12-15-8-4-10-25-15)14-6-2-1-3-7-14/h1-11H,12-13H2. The van der Waals surface area contributed by atoms with Crippen molar-refractivity contribution in [3.8, 4) is 10.8 Å². The molecule has 4 aromatic rings. The summed E-state index contributed by atoms with van der Waals surface area (Å²) in [6.07, 6.45) is 1.55. The fourth-order valence-electron chi connectivity index (χ4n) is 2.61. The molecule has 0 N–H and O–H groups in total. The van der Waals surface area contributed by atoms with E-state index >= 15 is 0 Å². The van der Waals surface area contributed by atoms with E-state index in [9.17, 15) is 9.59 Å². The van der Waals surface area contributed by atoms with Gasteiger partial charge in [-0.25, -0.2) is 4.79 Å². The molecule has 0 radical (unpaired) electrons. The molecular weight excluding hydrogens is 366 g/mol. The predicted octanol–water partition coefficient (Wildman–Crippen LogP) is 3.39. The minimum atomic E-state index is -0.669. The molecule has 136 valence electrons. The lowest BCUT2D eigenvalue weighted by molar-refractivity contribution is -0.119. The van der Waals surface area contributed by atoms with Crippen molar-refractivity contribution >= 4 is 22.9 Å². The summed E-state index contributed by atoms with van der Waals surface area (Å²) >= 11 is 1.41. The van der Waals surface area contributed by atoms with Crippen molar-refractivity contribution in [3.63, 3.8) is 0 Å². The molecule has 0 unspecified atom stereocenters. The number of rotatable bonds is 6. The number of anilines is 1. The fraction of sp³-hybridized carbons (Fsp3) is 0.105. The maximum Gasteiger partial charge on any atom is 0.437 e. The molecule has 0 saturated carbocycles. The van der Waals surface area contributed by atoms with E-state index < -0.39 is 5.76 Å². The van der Waals surface area contributed by atoms with Crippen LogP contribution in [0.1, 0.15) is 5.76 Å². The average Bonchev–Trinajstić information content (AvgIpc) is 3.43. The van der Waals surface area contributed by atoms with Crippen LogP contribution in [0.3, 0.4) is 0 Å². The number of para-hydroxylation sites is 1. The van der Waals surface area contributed by atoms with Gasteiger partial charge in [0, 0.05) is 5.69 Å². The molecule has 0 aliphatic rings. The first-order chi connectivity index (χ1) is 13.2. The maximum atomic E-state index is 12.9. The summed E-state index contributed by atoms with van der Waals surface area (Å²) in [6.45, 7) is 0.0174. The lowest BCUT2D eigenvalue weighted by atomic mass is 10.2. The first-order valence-electron chi connectivity index (χ1n) is 8.20. The molecule has 1 amide bonds. The van der Waals surface area contributed by atoms with Gasteiger partial charge in [0.05, 0.1) is 17.7 Å². The van der Waals surface area contributed by atoms with Gasteiger partial charge in [0.25, 0.3) is 5.89 Å². The van der Waals surface area contributed by atoms with Gasteiger partial charge >= 0.3 is 5.76 Å². The molecule has 0 fully saturated rings. The molecule has 0 aliphatic carbocycles. The summed E-state index contributed by atoms with van der Waals surface area (Å²) < 4.78 is 11.6. The van der Waals surface area contributed by atoms with Crippen LogP contribution in [0.4, 0.5) is 5.69 Å². The third-order valence-electron chi connectivity index (χ3n) is 3.89. The van der Waals surface area contributed by atoms with E-state index in [-0.39, 0.29) is 24.9 Å². The van der Waals surface area contributed by atoms with Gasteiger partial charge in [-0.1, -0.05) is 24.3 Å². The highest BCUT2D eigenvalue weighted by Crippen LogP contribution is 2.21. The first-order valence-corrected chi connectivity index (χ1v) is 9.08. The largest absolute Gasteiger partial charge is 0.467 e. The lowest BCUT2D eigenvalue weighted by Gasteiger charge is -2.21. The van der Waals surface area contributed by atoms with E-state index in [4.69, 9.17) is 8.83 Å². The quantitative estimate of drug-likeness (QED) is 0.511. The zero-order valence-electron chi connectivity index (χ0n) is 14.1. The molecule has 3 aromatic heterocycles. The number of amides is 1. The Morgan fingerprint density at radius 2 is 1.96 bits per heavy atom. The van der Waals surface area contributed by atoms with Crippen LogP contribution >= 0.6 is 11.3 Å². The minimum Gasteiger partial charge on any atom is -0.467 e. The summed E-state index contributed by atoms with van der Waals surface area (Å²) in [5, 5.41) is 6.00. The number of hydrogen-bond acceptors (Lipinski definition) is 6. The van der Waals surface area contributed by atoms with E-state index in [1.165, 1.54) is 11.3 Å². The topological polar surface area (TPSA) is 81.5 Å². The second kappa shape index (κ2) is 7.46. The van der Waals surface area contributed by atoms with Gasteiger partial charge in [0.15, 0.2) is 0 Å². The van der Waals surface area contributed by atoms with Crippen molar-refractivity contribution in [2.75, 3.05) is 4.90 Å². The third-order valence-corrected chi connectivity index (χ3v) is 4.74. The summed E-state index contributed by atoms with van der Waals surface area (Å²) in [5.74, 6) is -0.123. The van der Waals surface area contributed by atoms with E-state index in [0.29, 0.717) is 11.4 Å². The molecule has 4 rings (SSSR count). The zero-order chi connectivity index (χ0) is 18.6. The monoisotopic (exact) mass is 381 g/mol. The van der Waals surface area contributed by atoms with Gasteiger partial charge in [-0.2, -0.15) is 4.68 Å². The summed E-state index contributed by atoms with van der Waals surface area (Å²) in [7, 11) is 0. The van der Waals surface area contributed by atoms with Gasteiger partial charge in [0.2, 0.25) is 5.91 Å². The maximum absolute atomic E-state index is 12.9. The number of carbonyl (C=O) groups is 1. The van der Waals surface area contributed by atoms with Crippen molar-refractivity contribution in [3.05, 3.63) is 82.6 Å². The van der Waals surface area contributed by atoms with Crippen molar-refractivity contribution in [1.82, 2.24) is 9.78 Å². The molecular formula is C19H15N3O4S. The van der Waals surface area contributed by atoms with Gasteiger partial charge in [-0.05, 0) is 35.7 Å². The summed E-state index contributed by atoms with van der Waals surface area (Å²) in [5.41, 5.74) is 0.703. The van der Waals surface area contributed by atoms with E-state index in [1.54, 1.807) is 29.4 Å². The van der Waals surface area contributed by atoms with Crippen LogP contribution < -0.4 is 10.7 Å². The molecule has 1 aromatic carbocycles. The third kappa shape index (κ3) is 3.75. The molecule has 8 heteroatoms. The Bertz CT molecular complexity index is 1070. The minimum absolute atomic E-state index is 0.208. The Balaban J connectivity index is 1.59. The van der Waals surface area contributed by atoms with Crippen LogP contribution in [0.2, 0.25) is 0 Å². The highest BCUT2D eigenvalue weighted by Gasteiger charge is 2.21. The van der Waals surface area contributed by atoms with Crippen molar-refractivity contribution < 1.29 is 13.6 Å². The van der Waals surface area contributed by atoms with Crippen LogP contribution in [0.5, 0.6) is 0 Å². The normalized spacial score (nSPS) is 10.8. The molecule has 7 nitrogen and oxygen atoms in total. The predicted molar refractivity (Wildman–Crippen MR) is 100 cm³/mol. The zero-order valence-corrected chi connectivity index (χ0v) is 15.0. The molecule has 3 heterocycles. The molecule has 0 bridgehead atoms. The van der Waals surface area contributed by atoms with Gasteiger partial charge in [-0.3, -0.25) is 4.79 Å². The number of benzene rings is 1. The van der Waals surface area contributed by atoms with Crippen molar-refractivity contribution in [2.45, 2.75) is 13.1 Å². The van der Waals surface area contributed by atoms with Gasteiger partial charge < -0.3 is 13.7 Å². The second-order valence-corrected chi connectivity index (χ2v) is 6.65. The van der Waals surface area contributed by atoms with Crippen LogP contribution in [-0.4, -0.2) is 15.7 Å². The number of furan rings is 1. The van der Waals surface area contributed by atoms with Crippen molar-refractivity contribution in [2.24, 2.45) is 0 Å². The lowest BCUT2D eigenvalue weighted by Crippen LogP contribution is -2.35. The van der Waals surface area contributed by atoms with Gasteiger partial charge in [-0.15, -0.1) is 16.4 Å². The average molecular weight is 381 g/mol. The van der Waals surface area contributed by atoms with Gasteiger partial charge in [0.1, 0.15) is 12.3 Å². The second-order valence-electron chi connectivity index (χ2n) is 5.70. The number of nitrogens with zero attached hydrogens (tertiary/aromatic N) is 3. The number of thiophene rings is 1. The first kappa shape index (κ1) is 17.0.